The number of rotatable bonds is 2. The molecule has 1 aliphatic heterocycles. The molecule has 0 amide bonds. The number of aliphatic hydroxyl groups excluding tert-OH is 3. The second-order valence-corrected chi connectivity index (χ2v) is 4.52. The van der Waals surface area contributed by atoms with Crippen molar-refractivity contribution in [1.29, 1.82) is 0 Å². The number of hydrogen-bond donors (Lipinski definition) is 5. The highest BCUT2D eigenvalue weighted by Gasteiger charge is 2.44. The molecule has 1 unspecified atom stereocenters. The largest absolute Gasteiger partial charge is 0.394 e. The summed E-state index contributed by atoms with van der Waals surface area (Å²) < 4.78 is 6.60. The molecule has 3 heterocycles. The van der Waals surface area contributed by atoms with E-state index in [-0.39, 0.29) is 16.9 Å². The second kappa shape index (κ2) is 4.52. The van der Waals surface area contributed by atoms with Crippen LogP contribution in [0.1, 0.15) is 6.23 Å². The van der Waals surface area contributed by atoms with Crippen molar-refractivity contribution in [2.24, 2.45) is 0 Å². The molecule has 10 heteroatoms. The van der Waals surface area contributed by atoms with Gasteiger partial charge in [-0.1, -0.05) is 0 Å². The van der Waals surface area contributed by atoms with Gasteiger partial charge >= 0.3 is 0 Å². The van der Waals surface area contributed by atoms with Crippen molar-refractivity contribution < 1.29 is 20.1 Å². The number of H-pyrrole nitrogens is 1. The molecule has 0 aliphatic carbocycles. The summed E-state index contributed by atoms with van der Waals surface area (Å²) in [5.41, 5.74) is 5.30. The Labute approximate surface area is 111 Å². The quantitative estimate of drug-likeness (QED) is 0.398. The van der Waals surface area contributed by atoms with Crippen LogP contribution in [-0.4, -0.2) is 60.0 Å². The van der Waals surface area contributed by atoms with Gasteiger partial charge in [-0.05, 0) is 0 Å². The van der Waals surface area contributed by atoms with Crippen molar-refractivity contribution in [3.05, 3.63) is 16.7 Å². The number of aromatic amines is 1. The molecular weight excluding hydrogens is 270 g/mol. The van der Waals surface area contributed by atoms with Gasteiger partial charge in [0.1, 0.15) is 29.3 Å². The number of nitrogens with zero attached hydrogens (tertiary/aromatic N) is 3. The molecule has 0 bridgehead atoms. The van der Waals surface area contributed by atoms with Crippen molar-refractivity contribution in [3.63, 3.8) is 0 Å². The SMILES string of the molecule is Nc1n[nH]c(=O)c2c1ncn2C1O[C@H](CO)[C@@H](O)[C@H]1O. The van der Waals surface area contributed by atoms with Crippen LogP contribution in [0.4, 0.5) is 5.82 Å². The average molecular weight is 283 g/mol. The van der Waals surface area contributed by atoms with Crippen LogP contribution >= 0.6 is 0 Å². The lowest BCUT2D eigenvalue weighted by Gasteiger charge is -2.16. The number of hydrogen-bond acceptors (Lipinski definition) is 8. The van der Waals surface area contributed by atoms with Gasteiger partial charge in [-0.2, -0.15) is 5.10 Å². The summed E-state index contributed by atoms with van der Waals surface area (Å²) in [5, 5.41) is 34.5. The van der Waals surface area contributed by atoms with Crippen LogP contribution < -0.4 is 11.3 Å². The topological polar surface area (TPSA) is 160 Å². The molecule has 6 N–H and O–H groups in total. The Kier molecular flexibility index (Phi) is 2.94. The maximum absolute atomic E-state index is 11.8. The third-order valence-corrected chi connectivity index (χ3v) is 3.32. The van der Waals surface area contributed by atoms with Crippen LogP contribution in [0.5, 0.6) is 0 Å². The minimum absolute atomic E-state index is 0.0325. The van der Waals surface area contributed by atoms with E-state index in [1.54, 1.807) is 0 Å². The highest BCUT2D eigenvalue weighted by Crippen LogP contribution is 2.31. The Morgan fingerprint density at radius 3 is 2.85 bits per heavy atom. The highest BCUT2D eigenvalue weighted by atomic mass is 16.6. The van der Waals surface area contributed by atoms with Gasteiger partial charge < -0.3 is 25.8 Å². The molecule has 0 spiro atoms. The first-order valence-corrected chi connectivity index (χ1v) is 5.87. The lowest BCUT2D eigenvalue weighted by atomic mass is 10.1. The Bertz CT molecular complexity index is 697. The molecule has 108 valence electrons. The number of nitrogens with one attached hydrogen (secondary N) is 1. The van der Waals surface area contributed by atoms with E-state index in [1.165, 1.54) is 10.9 Å². The van der Waals surface area contributed by atoms with Gasteiger partial charge in [-0.3, -0.25) is 9.36 Å². The molecule has 20 heavy (non-hydrogen) atoms. The molecule has 0 aromatic carbocycles. The summed E-state index contributed by atoms with van der Waals surface area (Å²) in [6.07, 6.45) is -3.29. The number of nitrogen functional groups attached to an aromatic ring is 1. The number of fused-ring (bicyclic) bond motifs is 1. The second-order valence-electron chi connectivity index (χ2n) is 4.52. The Morgan fingerprint density at radius 1 is 1.45 bits per heavy atom. The van der Waals surface area contributed by atoms with Crippen LogP contribution in [-0.2, 0) is 4.74 Å². The molecule has 0 saturated carbocycles. The summed E-state index contributed by atoms with van der Waals surface area (Å²) in [6, 6.07) is 0. The fraction of sp³-hybridized carbons (Fsp3) is 0.500. The standard InChI is InChI=1S/C10H13N5O5/c11-8-4-5(9(19)14-13-8)15(2-12-4)10-7(18)6(17)3(1-16)20-10/h2-3,6-7,10,16-18H,1H2,(H2,11,13)(H,14,19)/t3-,6-,7-,10?/m1/s1. The van der Waals surface area contributed by atoms with Gasteiger partial charge in [0.15, 0.2) is 12.0 Å². The van der Waals surface area contributed by atoms with Gasteiger partial charge in [-0.25, -0.2) is 10.1 Å². The Balaban J connectivity index is 2.12. The first-order chi connectivity index (χ1) is 9.54. The van der Waals surface area contributed by atoms with E-state index < -0.39 is 36.7 Å². The normalized spacial score (nSPS) is 30.1. The molecule has 0 radical (unpaired) electrons. The van der Waals surface area contributed by atoms with Crippen molar-refractivity contribution in [1.82, 2.24) is 19.7 Å². The van der Waals surface area contributed by atoms with Gasteiger partial charge in [0.25, 0.3) is 5.56 Å². The maximum Gasteiger partial charge on any atom is 0.290 e. The fourth-order valence-corrected chi connectivity index (χ4v) is 2.29. The summed E-state index contributed by atoms with van der Waals surface area (Å²) in [7, 11) is 0. The smallest absolute Gasteiger partial charge is 0.290 e. The van der Waals surface area contributed by atoms with Crippen molar-refractivity contribution in [2.75, 3.05) is 12.3 Å². The molecule has 1 fully saturated rings. The van der Waals surface area contributed by atoms with Crippen LogP contribution in [0, 0.1) is 0 Å². The molecule has 1 aliphatic rings. The maximum atomic E-state index is 11.8. The molecule has 1 saturated heterocycles. The number of aliphatic hydroxyl groups is 3. The minimum atomic E-state index is -1.31. The summed E-state index contributed by atoms with van der Waals surface area (Å²) >= 11 is 0. The van der Waals surface area contributed by atoms with Crippen LogP contribution in [0.3, 0.4) is 0 Å². The zero-order chi connectivity index (χ0) is 14.4. The van der Waals surface area contributed by atoms with E-state index >= 15 is 0 Å². The number of nitrogens with two attached hydrogens (primary N) is 1. The predicted octanol–water partition coefficient (Wildman–Crippen LogP) is -2.69. The van der Waals surface area contributed by atoms with Gasteiger partial charge in [0, 0.05) is 0 Å². The van der Waals surface area contributed by atoms with Crippen molar-refractivity contribution in [2.45, 2.75) is 24.5 Å². The molecule has 4 atom stereocenters. The average Bonchev–Trinajstić information content (AvgIpc) is 2.99. The lowest BCUT2D eigenvalue weighted by Crippen LogP contribution is -2.33. The Morgan fingerprint density at radius 2 is 2.20 bits per heavy atom. The zero-order valence-corrected chi connectivity index (χ0v) is 10.2. The van der Waals surface area contributed by atoms with Gasteiger partial charge in [0.2, 0.25) is 0 Å². The van der Waals surface area contributed by atoms with E-state index in [2.05, 4.69) is 15.2 Å². The minimum Gasteiger partial charge on any atom is -0.394 e. The first-order valence-electron chi connectivity index (χ1n) is 5.87. The number of aromatic nitrogens is 4. The van der Waals surface area contributed by atoms with Crippen molar-refractivity contribution >= 4 is 16.9 Å². The molecule has 10 nitrogen and oxygen atoms in total. The monoisotopic (exact) mass is 283 g/mol. The molecule has 2 aromatic rings. The number of ether oxygens (including phenoxy) is 1. The van der Waals surface area contributed by atoms with Gasteiger partial charge in [0.05, 0.1) is 12.9 Å². The molecule has 3 rings (SSSR count). The van der Waals surface area contributed by atoms with E-state index in [0.717, 1.165) is 0 Å². The van der Waals surface area contributed by atoms with E-state index in [9.17, 15) is 15.0 Å². The van der Waals surface area contributed by atoms with E-state index in [0.29, 0.717) is 0 Å². The summed E-state index contributed by atoms with van der Waals surface area (Å²) in [5.74, 6) is 0.0325. The highest BCUT2D eigenvalue weighted by molar-refractivity contribution is 5.83. The summed E-state index contributed by atoms with van der Waals surface area (Å²) in [4.78, 5) is 15.8. The third kappa shape index (κ3) is 1.70. The third-order valence-electron chi connectivity index (χ3n) is 3.32. The molecule has 2 aromatic heterocycles. The van der Waals surface area contributed by atoms with Crippen LogP contribution in [0.25, 0.3) is 11.0 Å². The molecular formula is C10H13N5O5. The van der Waals surface area contributed by atoms with Gasteiger partial charge in [-0.15, -0.1) is 0 Å². The fourth-order valence-electron chi connectivity index (χ4n) is 2.29. The van der Waals surface area contributed by atoms with E-state index in [1.807, 2.05) is 0 Å². The first kappa shape index (κ1) is 13.0. The van der Waals surface area contributed by atoms with E-state index in [4.69, 9.17) is 15.6 Å². The van der Waals surface area contributed by atoms with Crippen molar-refractivity contribution in [3.8, 4) is 0 Å². The van der Waals surface area contributed by atoms with Crippen LogP contribution in [0.15, 0.2) is 11.1 Å². The predicted molar refractivity (Wildman–Crippen MR) is 65.6 cm³/mol. The number of anilines is 1. The number of imidazole rings is 1. The Hall–Kier alpha value is -2.01. The summed E-state index contributed by atoms with van der Waals surface area (Å²) in [6.45, 7) is -0.457. The lowest BCUT2D eigenvalue weighted by molar-refractivity contribution is -0.0509. The van der Waals surface area contributed by atoms with Crippen LogP contribution in [0.2, 0.25) is 0 Å². The zero-order valence-electron chi connectivity index (χ0n) is 10.2.